The van der Waals surface area contributed by atoms with Crippen molar-refractivity contribution in [2.24, 2.45) is 0 Å². The largest absolute Gasteiger partial charge is 0.493 e. The van der Waals surface area contributed by atoms with Gasteiger partial charge in [0.25, 0.3) is 0 Å². The van der Waals surface area contributed by atoms with Crippen LogP contribution in [-0.2, 0) is 16.1 Å². The first-order valence-corrected chi connectivity index (χ1v) is 9.89. The van der Waals surface area contributed by atoms with Crippen LogP contribution in [0, 0.1) is 13.8 Å². The van der Waals surface area contributed by atoms with Crippen LogP contribution in [0.25, 0.3) is 10.6 Å². The molecule has 8 nitrogen and oxygen atoms in total. The lowest BCUT2D eigenvalue weighted by Gasteiger charge is -2.10. The van der Waals surface area contributed by atoms with Crippen molar-refractivity contribution < 1.29 is 28.5 Å². The topological polar surface area (TPSA) is 99.7 Å². The van der Waals surface area contributed by atoms with Crippen molar-refractivity contribution >= 4 is 23.3 Å². The zero-order valence-corrected chi connectivity index (χ0v) is 18.1. The zero-order chi connectivity index (χ0) is 21.8. The van der Waals surface area contributed by atoms with E-state index in [1.165, 1.54) is 18.4 Å². The molecular formula is C21H22N2O6S. The van der Waals surface area contributed by atoms with Gasteiger partial charge in [-0.2, -0.15) is 0 Å². The lowest BCUT2D eigenvalue weighted by molar-refractivity contribution is 0.0461. The molecule has 0 aliphatic carbocycles. The van der Waals surface area contributed by atoms with Crippen LogP contribution in [0.3, 0.4) is 0 Å². The first kappa shape index (κ1) is 21.4. The van der Waals surface area contributed by atoms with Gasteiger partial charge in [0.1, 0.15) is 17.3 Å². The van der Waals surface area contributed by atoms with E-state index in [0.717, 1.165) is 10.6 Å². The second kappa shape index (κ2) is 9.00. The van der Waals surface area contributed by atoms with E-state index in [-0.39, 0.29) is 12.3 Å². The Labute approximate surface area is 177 Å². The van der Waals surface area contributed by atoms with Crippen molar-refractivity contribution in [1.29, 1.82) is 0 Å². The second-order valence-electron chi connectivity index (χ2n) is 6.38. The number of carbonyl (C=O) groups is 2. The standard InChI is InChI=1S/C21H22N2O6S/c1-11-16(20(24)28-5)12(2)22-17(11)21(25)29-9-13-10-30-19(23-13)14-7-6-8-15(26-3)18(14)27-4/h6-8,10,22H,9H2,1-5H3. The second-order valence-corrected chi connectivity index (χ2v) is 7.24. The summed E-state index contributed by atoms with van der Waals surface area (Å²) >= 11 is 1.41. The summed E-state index contributed by atoms with van der Waals surface area (Å²) in [5.74, 6) is 0.124. The van der Waals surface area contributed by atoms with Gasteiger partial charge in [0.2, 0.25) is 0 Å². The number of H-pyrrole nitrogens is 1. The summed E-state index contributed by atoms with van der Waals surface area (Å²) in [6.07, 6.45) is 0. The number of hydrogen-bond acceptors (Lipinski definition) is 8. The summed E-state index contributed by atoms with van der Waals surface area (Å²) in [6, 6.07) is 5.55. The molecule has 9 heteroatoms. The van der Waals surface area contributed by atoms with Gasteiger partial charge in [-0.15, -0.1) is 11.3 Å². The number of rotatable bonds is 7. The van der Waals surface area contributed by atoms with Gasteiger partial charge in [0.05, 0.1) is 38.2 Å². The van der Waals surface area contributed by atoms with E-state index >= 15 is 0 Å². The maximum atomic E-state index is 12.5. The molecule has 0 amide bonds. The SMILES string of the molecule is COC(=O)c1c(C)[nH]c(C(=O)OCc2csc(-c3cccc(OC)c3OC)n2)c1C. The van der Waals surface area contributed by atoms with Gasteiger partial charge < -0.3 is 23.9 Å². The number of nitrogens with one attached hydrogen (secondary N) is 1. The summed E-state index contributed by atoms with van der Waals surface area (Å²) in [7, 11) is 4.44. The fourth-order valence-corrected chi connectivity index (χ4v) is 3.95. The fraction of sp³-hybridized carbons (Fsp3) is 0.286. The molecule has 30 heavy (non-hydrogen) atoms. The smallest absolute Gasteiger partial charge is 0.355 e. The highest BCUT2D eigenvalue weighted by molar-refractivity contribution is 7.13. The van der Waals surface area contributed by atoms with Gasteiger partial charge in [-0.3, -0.25) is 0 Å². The van der Waals surface area contributed by atoms with Gasteiger partial charge in [0.15, 0.2) is 11.5 Å². The van der Waals surface area contributed by atoms with Gasteiger partial charge in [-0.25, -0.2) is 14.6 Å². The number of hydrogen-bond donors (Lipinski definition) is 1. The average Bonchev–Trinajstić information content (AvgIpc) is 3.34. The van der Waals surface area contributed by atoms with Crippen molar-refractivity contribution in [2.45, 2.75) is 20.5 Å². The number of benzene rings is 1. The number of aromatic amines is 1. The molecule has 0 unspecified atom stereocenters. The molecule has 0 aliphatic heterocycles. The van der Waals surface area contributed by atoms with Gasteiger partial charge in [0, 0.05) is 11.1 Å². The highest BCUT2D eigenvalue weighted by Gasteiger charge is 2.23. The maximum Gasteiger partial charge on any atom is 0.355 e. The molecular weight excluding hydrogens is 408 g/mol. The van der Waals surface area contributed by atoms with Crippen molar-refractivity contribution in [2.75, 3.05) is 21.3 Å². The third-order valence-electron chi connectivity index (χ3n) is 4.57. The molecule has 0 saturated carbocycles. The Kier molecular flexibility index (Phi) is 6.41. The molecule has 2 heterocycles. The summed E-state index contributed by atoms with van der Waals surface area (Å²) < 4.78 is 20.9. The van der Waals surface area contributed by atoms with Crippen LogP contribution in [0.1, 0.15) is 37.8 Å². The summed E-state index contributed by atoms with van der Waals surface area (Å²) in [5, 5.41) is 2.53. The minimum atomic E-state index is -0.570. The Bertz CT molecular complexity index is 1090. The number of nitrogens with zero attached hydrogens (tertiary/aromatic N) is 1. The minimum absolute atomic E-state index is 0.00726. The molecule has 1 N–H and O–H groups in total. The molecule has 3 aromatic rings. The molecule has 0 bridgehead atoms. The maximum absolute atomic E-state index is 12.5. The Hall–Kier alpha value is -3.33. The van der Waals surface area contributed by atoms with Crippen LogP contribution in [0.15, 0.2) is 23.6 Å². The van der Waals surface area contributed by atoms with Crippen LogP contribution in [0.4, 0.5) is 0 Å². The first-order valence-electron chi connectivity index (χ1n) is 9.01. The van der Waals surface area contributed by atoms with Crippen LogP contribution in [0.2, 0.25) is 0 Å². The Morgan fingerprint density at radius 2 is 1.87 bits per heavy atom. The van der Waals surface area contributed by atoms with Gasteiger partial charge in [-0.05, 0) is 31.5 Å². The summed E-state index contributed by atoms with van der Waals surface area (Å²) in [4.78, 5) is 31.8. The monoisotopic (exact) mass is 430 g/mol. The molecule has 0 radical (unpaired) electrons. The highest BCUT2D eigenvalue weighted by atomic mass is 32.1. The third-order valence-corrected chi connectivity index (χ3v) is 5.49. The molecule has 0 saturated heterocycles. The van der Waals surface area contributed by atoms with Crippen LogP contribution >= 0.6 is 11.3 Å². The number of thiazole rings is 1. The molecule has 1 aromatic carbocycles. The van der Waals surface area contributed by atoms with E-state index in [1.807, 2.05) is 23.6 Å². The highest BCUT2D eigenvalue weighted by Crippen LogP contribution is 2.39. The van der Waals surface area contributed by atoms with Crippen LogP contribution in [0.5, 0.6) is 11.5 Å². The molecule has 0 atom stereocenters. The number of methoxy groups -OCH3 is 3. The average molecular weight is 430 g/mol. The Balaban J connectivity index is 1.76. The van der Waals surface area contributed by atoms with Crippen molar-refractivity contribution in [3.8, 4) is 22.1 Å². The lowest BCUT2D eigenvalue weighted by Crippen LogP contribution is -2.08. The third kappa shape index (κ3) is 4.02. The summed E-state index contributed by atoms with van der Waals surface area (Å²) in [5.41, 5.74) is 2.99. The minimum Gasteiger partial charge on any atom is -0.493 e. The molecule has 0 spiro atoms. The van der Waals surface area contributed by atoms with E-state index in [4.69, 9.17) is 18.9 Å². The molecule has 158 valence electrons. The number of aryl methyl sites for hydroxylation is 1. The Morgan fingerprint density at radius 1 is 1.10 bits per heavy atom. The van der Waals surface area contributed by atoms with Crippen LogP contribution in [-0.4, -0.2) is 43.2 Å². The number of aromatic nitrogens is 2. The molecule has 0 fully saturated rings. The predicted molar refractivity (Wildman–Crippen MR) is 111 cm³/mol. The molecule has 2 aromatic heterocycles. The van der Waals surface area contributed by atoms with E-state index < -0.39 is 11.9 Å². The fourth-order valence-electron chi connectivity index (χ4n) is 3.13. The molecule has 0 aliphatic rings. The van der Waals surface area contributed by atoms with Crippen molar-refractivity contribution in [1.82, 2.24) is 9.97 Å². The lowest BCUT2D eigenvalue weighted by atomic mass is 10.1. The Morgan fingerprint density at radius 3 is 2.53 bits per heavy atom. The normalized spacial score (nSPS) is 10.6. The number of esters is 2. The number of carbonyl (C=O) groups excluding carboxylic acids is 2. The van der Waals surface area contributed by atoms with Crippen LogP contribution < -0.4 is 9.47 Å². The first-order chi connectivity index (χ1) is 14.4. The number of ether oxygens (including phenoxy) is 4. The van der Waals surface area contributed by atoms with Gasteiger partial charge in [-0.1, -0.05) is 6.07 Å². The van der Waals surface area contributed by atoms with E-state index in [1.54, 1.807) is 28.1 Å². The molecule has 3 rings (SSSR count). The summed E-state index contributed by atoms with van der Waals surface area (Å²) in [6.45, 7) is 3.36. The van der Waals surface area contributed by atoms with Gasteiger partial charge >= 0.3 is 11.9 Å². The quantitative estimate of drug-likeness (QED) is 0.567. The van der Waals surface area contributed by atoms with Crippen molar-refractivity contribution in [3.05, 3.63) is 51.8 Å². The van der Waals surface area contributed by atoms with Crippen molar-refractivity contribution in [3.63, 3.8) is 0 Å². The predicted octanol–water partition coefficient (Wildman–Crippen LogP) is 3.92. The van der Waals surface area contributed by atoms with E-state index in [9.17, 15) is 9.59 Å². The zero-order valence-electron chi connectivity index (χ0n) is 17.3. The number of para-hydroxylation sites is 1. The van der Waals surface area contributed by atoms with E-state index in [2.05, 4.69) is 9.97 Å². The van der Waals surface area contributed by atoms with E-state index in [0.29, 0.717) is 34.0 Å².